The normalized spacial score (nSPS) is 34.3. The van der Waals surface area contributed by atoms with Gasteiger partial charge >= 0.3 is 0 Å². The number of nitrogens with two attached hydrogens (primary N) is 1. The molecule has 0 radical (unpaired) electrons. The maximum absolute atomic E-state index is 11.0. The van der Waals surface area contributed by atoms with Gasteiger partial charge in [-0.15, -0.1) is 0 Å². The molecule has 0 fully saturated rings. The summed E-state index contributed by atoms with van der Waals surface area (Å²) >= 11 is 0. The number of aliphatic hydroxyl groups excluding tert-OH is 1. The Balaban J connectivity index is 2.31. The number of carbonyl (C=O) groups excluding carboxylic acids is 1. The molecule has 0 aromatic carbocycles. The second-order valence-electron chi connectivity index (χ2n) is 3.32. The van der Waals surface area contributed by atoms with Gasteiger partial charge in [-0.1, -0.05) is 6.08 Å². The van der Waals surface area contributed by atoms with Crippen LogP contribution in [-0.4, -0.2) is 23.0 Å². The van der Waals surface area contributed by atoms with Crippen LogP contribution in [0, 0.1) is 0 Å². The fourth-order valence-corrected chi connectivity index (χ4v) is 1.78. The lowest BCUT2D eigenvalue weighted by atomic mass is 9.97. The van der Waals surface area contributed by atoms with Crippen molar-refractivity contribution in [2.24, 2.45) is 5.73 Å². The van der Waals surface area contributed by atoms with E-state index in [0.29, 0.717) is 12.8 Å². The molecular formula is C9H11NO2. The third-order valence-corrected chi connectivity index (χ3v) is 2.49. The Kier molecular flexibility index (Phi) is 1.63. The second-order valence-corrected chi connectivity index (χ2v) is 3.32. The Bertz CT molecular complexity index is 291. The van der Waals surface area contributed by atoms with Crippen molar-refractivity contribution in [3.05, 3.63) is 23.3 Å². The van der Waals surface area contributed by atoms with Gasteiger partial charge in [-0.2, -0.15) is 0 Å². The fraction of sp³-hybridized carbons (Fsp3) is 0.444. The summed E-state index contributed by atoms with van der Waals surface area (Å²) in [5.41, 5.74) is 7.68. The molecule has 0 saturated heterocycles. The van der Waals surface area contributed by atoms with Gasteiger partial charge < -0.3 is 10.8 Å². The molecule has 0 aliphatic heterocycles. The first kappa shape index (κ1) is 7.71. The Morgan fingerprint density at radius 3 is 3.00 bits per heavy atom. The van der Waals surface area contributed by atoms with Crippen molar-refractivity contribution in [2.45, 2.75) is 25.0 Å². The number of rotatable bonds is 0. The summed E-state index contributed by atoms with van der Waals surface area (Å²) < 4.78 is 0. The third kappa shape index (κ3) is 1.02. The molecule has 0 heterocycles. The molecule has 2 unspecified atom stereocenters. The molecule has 2 aliphatic rings. The number of allylic oxidation sites excluding steroid dienone is 2. The van der Waals surface area contributed by atoms with Crippen molar-refractivity contribution in [1.29, 1.82) is 0 Å². The zero-order valence-corrected chi connectivity index (χ0v) is 6.66. The molecule has 3 N–H and O–H groups in total. The van der Waals surface area contributed by atoms with Crippen LogP contribution in [-0.2, 0) is 4.79 Å². The van der Waals surface area contributed by atoms with Crippen LogP contribution in [0.15, 0.2) is 23.3 Å². The highest BCUT2D eigenvalue weighted by Crippen LogP contribution is 2.31. The van der Waals surface area contributed by atoms with E-state index in [-0.39, 0.29) is 11.8 Å². The highest BCUT2D eigenvalue weighted by Gasteiger charge is 2.31. The number of hydrogen-bond acceptors (Lipinski definition) is 3. The average molecular weight is 165 g/mol. The van der Waals surface area contributed by atoms with Crippen molar-refractivity contribution in [2.75, 3.05) is 0 Å². The molecule has 2 rings (SSSR count). The lowest BCUT2D eigenvalue weighted by Crippen LogP contribution is -2.32. The number of carbonyl (C=O) groups is 1. The summed E-state index contributed by atoms with van der Waals surface area (Å²) in [5.74, 6) is 0.0818. The number of aliphatic hydroxyl groups is 1. The zero-order valence-electron chi connectivity index (χ0n) is 6.66. The third-order valence-electron chi connectivity index (χ3n) is 2.49. The molecule has 2 atom stereocenters. The smallest absolute Gasteiger partial charge is 0.159 e. The van der Waals surface area contributed by atoms with Crippen molar-refractivity contribution >= 4 is 5.78 Å². The molecule has 0 amide bonds. The molecule has 0 aromatic rings. The predicted molar refractivity (Wildman–Crippen MR) is 44.4 cm³/mol. The van der Waals surface area contributed by atoms with Gasteiger partial charge in [-0.25, -0.2) is 0 Å². The van der Waals surface area contributed by atoms with E-state index in [9.17, 15) is 9.90 Å². The molecule has 3 heteroatoms. The van der Waals surface area contributed by atoms with Gasteiger partial charge in [0.1, 0.15) is 0 Å². The maximum atomic E-state index is 11.0. The minimum atomic E-state index is -0.495. The van der Waals surface area contributed by atoms with E-state index < -0.39 is 6.10 Å². The summed E-state index contributed by atoms with van der Waals surface area (Å²) in [6.07, 6.45) is 3.83. The van der Waals surface area contributed by atoms with E-state index in [2.05, 4.69) is 0 Å². The van der Waals surface area contributed by atoms with Gasteiger partial charge in [0.25, 0.3) is 0 Å². The van der Waals surface area contributed by atoms with Crippen molar-refractivity contribution < 1.29 is 9.90 Å². The molecule has 2 aliphatic carbocycles. The van der Waals surface area contributed by atoms with Crippen LogP contribution >= 0.6 is 0 Å². The summed E-state index contributed by atoms with van der Waals surface area (Å²) in [7, 11) is 0. The van der Waals surface area contributed by atoms with Crippen molar-refractivity contribution in [1.82, 2.24) is 0 Å². The van der Waals surface area contributed by atoms with Gasteiger partial charge in [0.05, 0.1) is 12.1 Å². The summed E-state index contributed by atoms with van der Waals surface area (Å²) in [5, 5.41) is 9.40. The zero-order chi connectivity index (χ0) is 8.72. The van der Waals surface area contributed by atoms with Crippen LogP contribution in [0.25, 0.3) is 0 Å². The second kappa shape index (κ2) is 2.54. The SMILES string of the molecule is NC1C2=C(C=CC(=O)C2)CC1O. The van der Waals surface area contributed by atoms with E-state index in [0.717, 1.165) is 11.1 Å². The molecule has 3 nitrogen and oxygen atoms in total. The molecule has 0 saturated carbocycles. The molecule has 0 spiro atoms. The highest BCUT2D eigenvalue weighted by atomic mass is 16.3. The van der Waals surface area contributed by atoms with Gasteiger partial charge in [0, 0.05) is 12.8 Å². The first-order valence-electron chi connectivity index (χ1n) is 4.05. The Morgan fingerprint density at radius 2 is 2.25 bits per heavy atom. The Hall–Kier alpha value is -0.930. The van der Waals surface area contributed by atoms with Gasteiger partial charge in [-0.05, 0) is 17.2 Å². The fourth-order valence-electron chi connectivity index (χ4n) is 1.78. The van der Waals surface area contributed by atoms with E-state index in [4.69, 9.17) is 5.73 Å². The minimum Gasteiger partial charge on any atom is -0.391 e. The summed E-state index contributed by atoms with van der Waals surface area (Å²) in [6.45, 7) is 0. The van der Waals surface area contributed by atoms with Crippen LogP contribution in [0.3, 0.4) is 0 Å². The Morgan fingerprint density at radius 1 is 1.50 bits per heavy atom. The standard InChI is InChI=1S/C9H11NO2/c10-9-7-4-6(11)2-1-5(7)3-8(9)12/h1-2,8-9,12H,3-4,10H2. The van der Waals surface area contributed by atoms with Crippen molar-refractivity contribution in [3.63, 3.8) is 0 Å². The quantitative estimate of drug-likeness (QED) is 0.527. The molecule has 0 bridgehead atoms. The Labute approximate surface area is 70.6 Å². The molecule has 0 aromatic heterocycles. The van der Waals surface area contributed by atoms with Gasteiger partial charge in [0.15, 0.2) is 5.78 Å². The maximum Gasteiger partial charge on any atom is 0.159 e. The molecule has 64 valence electrons. The molecular weight excluding hydrogens is 154 g/mol. The van der Waals surface area contributed by atoms with E-state index in [1.807, 2.05) is 0 Å². The number of ketones is 1. The largest absolute Gasteiger partial charge is 0.391 e. The molecule has 12 heavy (non-hydrogen) atoms. The highest BCUT2D eigenvalue weighted by molar-refractivity contribution is 5.94. The lowest BCUT2D eigenvalue weighted by Gasteiger charge is -2.13. The van der Waals surface area contributed by atoms with E-state index in [1.165, 1.54) is 0 Å². The van der Waals surface area contributed by atoms with E-state index >= 15 is 0 Å². The van der Waals surface area contributed by atoms with E-state index in [1.54, 1.807) is 12.2 Å². The minimum absolute atomic E-state index is 0.0818. The first-order chi connectivity index (χ1) is 5.68. The number of hydrogen-bond donors (Lipinski definition) is 2. The van der Waals surface area contributed by atoms with Crippen molar-refractivity contribution in [3.8, 4) is 0 Å². The average Bonchev–Trinajstić information content (AvgIpc) is 2.31. The van der Waals surface area contributed by atoms with Crippen LogP contribution in [0.2, 0.25) is 0 Å². The topological polar surface area (TPSA) is 63.3 Å². The monoisotopic (exact) mass is 165 g/mol. The van der Waals surface area contributed by atoms with Crippen LogP contribution in [0.1, 0.15) is 12.8 Å². The van der Waals surface area contributed by atoms with Gasteiger partial charge in [-0.3, -0.25) is 4.79 Å². The first-order valence-corrected chi connectivity index (χ1v) is 4.05. The summed E-state index contributed by atoms with van der Waals surface area (Å²) in [4.78, 5) is 11.0. The summed E-state index contributed by atoms with van der Waals surface area (Å²) in [6, 6.07) is -0.325. The predicted octanol–water partition coefficient (Wildman–Crippen LogP) is -0.0961. The van der Waals surface area contributed by atoms with Crippen LogP contribution in [0.4, 0.5) is 0 Å². The van der Waals surface area contributed by atoms with Crippen LogP contribution < -0.4 is 5.73 Å². The van der Waals surface area contributed by atoms with Gasteiger partial charge in [0.2, 0.25) is 0 Å². The lowest BCUT2D eigenvalue weighted by molar-refractivity contribution is -0.114. The van der Waals surface area contributed by atoms with Crippen LogP contribution in [0.5, 0.6) is 0 Å².